The van der Waals surface area contributed by atoms with E-state index in [9.17, 15) is 9.59 Å². The minimum atomic E-state index is -0.906. The molecule has 0 aliphatic rings. The fourth-order valence-electron chi connectivity index (χ4n) is 1.70. The number of nitrogens with zero attached hydrogens (tertiary/aromatic N) is 1. The Hall–Kier alpha value is -2.04. The number of hydrogen-bond donors (Lipinski definition) is 1. The Morgan fingerprint density at radius 2 is 2.05 bits per heavy atom. The molecule has 1 amide bonds. The quantitative estimate of drug-likeness (QED) is 0.828. The van der Waals surface area contributed by atoms with E-state index >= 15 is 0 Å². The van der Waals surface area contributed by atoms with E-state index in [2.05, 4.69) is 0 Å². The number of carboxylic acid groups (broad SMARTS) is 1. The minimum absolute atomic E-state index is 0.0429. The number of ether oxygens (including phenoxy) is 1. The van der Waals surface area contributed by atoms with Crippen LogP contribution in [0.15, 0.2) is 24.3 Å². The lowest BCUT2D eigenvalue weighted by atomic mass is 10.1. The molecule has 110 valence electrons. The molecule has 5 nitrogen and oxygen atoms in total. The van der Waals surface area contributed by atoms with Crippen LogP contribution in [0.2, 0.25) is 0 Å². The van der Waals surface area contributed by atoms with Gasteiger partial charge in [0.05, 0.1) is 18.9 Å². The first-order chi connectivity index (χ1) is 9.38. The molecule has 0 saturated carbocycles. The van der Waals surface area contributed by atoms with Gasteiger partial charge in [0.15, 0.2) is 0 Å². The summed E-state index contributed by atoms with van der Waals surface area (Å²) in [6.07, 6.45) is 0.281. The third-order valence-electron chi connectivity index (χ3n) is 2.71. The highest BCUT2D eigenvalue weighted by Gasteiger charge is 2.11. The van der Waals surface area contributed by atoms with Gasteiger partial charge in [-0.2, -0.15) is 0 Å². The molecule has 0 atom stereocenters. The van der Waals surface area contributed by atoms with Crippen LogP contribution >= 0.6 is 0 Å². The van der Waals surface area contributed by atoms with Crippen molar-refractivity contribution in [3.05, 3.63) is 29.8 Å². The third kappa shape index (κ3) is 5.73. The largest absolute Gasteiger partial charge is 0.491 e. The second kappa shape index (κ2) is 7.53. The van der Waals surface area contributed by atoms with E-state index in [1.807, 2.05) is 38.1 Å². The highest BCUT2D eigenvalue weighted by molar-refractivity contribution is 5.79. The molecule has 0 radical (unpaired) electrons. The Morgan fingerprint density at radius 3 is 2.65 bits per heavy atom. The summed E-state index contributed by atoms with van der Waals surface area (Å²) in [5, 5.41) is 8.60. The first-order valence-corrected chi connectivity index (χ1v) is 6.60. The van der Waals surface area contributed by atoms with Gasteiger partial charge in [-0.25, -0.2) is 0 Å². The Labute approximate surface area is 119 Å². The number of carbonyl (C=O) groups is 2. The van der Waals surface area contributed by atoms with Crippen LogP contribution < -0.4 is 4.74 Å². The molecule has 0 unspecified atom stereocenters. The van der Waals surface area contributed by atoms with E-state index in [0.717, 1.165) is 11.3 Å². The molecule has 0 aliphatic heterocycles. The van der Waals surface area contributed by atoms with E-state index in [1.54, 1.807) is 7.05 Å². The van der Waals surface area contributed by atoms with Crippen molar-refractivity contribution in [2.75, 3.05) is 13.6 Å². The Kier molecular flexibility index (Phi) is 6.03. The van der Waals surface area contributed by atoms with E-state index in [4.69, 9.17) is 9.84 Å². The number of hydrogen-bond acceptors (Lipinski definition) is 3. The van der Waals surface area contributed by atoms with Gasteiger partial charge in [-0.05, 0) is 31.5 Å². The number of carbonyl (C=O) groups excluding carboxylic acids is 1. The summed E-state index contributed by atoms with van der Waals surface area (Å²) in [4.78, 5) is 23.9. The highest BCUT2D eigenvalue weighted by Crippen LogP contribution is 2.15. The average molecular weight is 279 g/mol. The maximum Gasteiger partial charge on any atom is 0.305 e. The van der Waals surface area contributed by atoms with Crippen molar-refractivity contribution in [2.24, 2.45) is 0 Å². The summed E-state index contributed by atoms with van der Waals surface area (Å²) in [5.41, 5.74) is 0.857. The molecule has 1 N–H and O–H groups in total. The highest BCUT2D eigenvalue weighted by atomic mass is 16.5. The molecule has 0 aliphatic carbocycles. The van der Waals surface area contributed by atoms with E-state index < -0.39 is 5.97 Å². The number of benzene rings is 1. The van der Waals surface area contributed by atoms with Crippen molar-refractivity contribution in [1.82, 2.24) is 4.90 Å². The molecule has 1 aromatic rings. The van der Waals surface area contributed by atoms with Crippen molar-refractivity contribution in [1.29, 1.82) is 0 Å². The molecule has 1 rings (SSSR count). The standard InChI is InChI=1S/C15H21NO4/c1-11(2)20-13-6-4-5-12(9-13)10-14(17)16(3)8-7-15(18)19/h4-6,9,11H,7-8,10H2,1-3H3,(H,18,19). The average Bonchev–Trinajstić information content (AvgIpc) is 2.35. The van der Waals surface area contributed by atoms with Gasteiger partial charge in [0.2, 0.25) is 5.91 Å². The Bertz CT molecular complexity index is 471. The predicted molar refractivity (Wildman–Crippen MR) is 75.8 cm³/mol. The van der Waals surface area contributed by atoms with Gasteiger partial charge in [0.25, 0.3) is 0 Å². The molecule has 1 aromatic carbocycles. The first kappa shape index (κ1) is 16.0. The SMILES string of the molecule is CC(C)Oc1cccc(CC(=O)N(C)CCC(=O)O)c1. The number of rotatable bonds is 7. The number of likely N-dealkylation sites (N-methyl/N-ethyl adjacent to an activating group) is 1. The van der Waals surface area contributed by atoms with Gasteiger partial charge in [-0.15, -0.1) is 0 Å². The summed E-state index contributed by atoms with van der Waals surface area (Å²) in [6.45, 7) is 4.10. The third-order valence-corrected chi connectivity index (χ3v) is 2.71. The van der Waals surface area contributed by atoms with E-state index in [-0.39, 0.29) is 31.4 Å². The van der Waals surface area contributed by atoms with Crippen LogP contribution in [0.4, 0.5) is 0 Å². The molecule has 0 fully saturated rings. The minimum Gasteiger partial charge on any atom is -0.491 e. The predicted octanol–water partition coefficient (Wildman–Crippen LogP) is 1.95. The van der Waals surface area contributed by atoms with Gasteiger partial charge in [0.1, 0.15) is 5.75 Å². The monoisotopic (exact) mass is 279 g/mol. The zero-order valence-corrected chi connectivity index (χ0v) is 12.1. The van der Waals surface area contributed by atoms with Crippen molar-refractivity contribution in [2.45, 2.75) is 32.8 Å². The molecule has 0 aromatic heterocycles. The molecule has 20 heavy (non-hydrogen) atoms. The second-order valence-corrected chi connectivity index (χ2v) is 4.95. The van der Waals surface area contributed by atoms with Crippen molar-refractivity contribution < 1.29 is 19.4 Å². The fraction of sp³-hybridized carbons (Fsp3) is 0.467. The van der Waals surface area contributed by atoms with Crippen LogP contribution in [-0.2, 0) is 16.0 Å². The summed E-state index contributed by atoms with van der Waals surface area (Å²) < 4.78 is 5.57. The van der Waals surface area contributed by atoms with Crippen molar-refractivity contribution in [3.63, 3.8) is 0 Å². The van der Waals surface area contributed by atoms with Crippen LogP contribution in [0.5, 0.6) is 5.75 Å². The molecule has 0 saturated heterocycles. The fourth-order valence-corrected chi connectivity index (χ4v) is 1.70. The summed E-state index contributed by atoms with van der Waals surface area (Å²) in [5.74, 6) is -0.275. The van der Waals surface area contributed by atoms with Crippen LogP contribution in [0.25, 0.3) is 0 Å². The molecular weight excluding hydrogens is 258 g/mol. The second-order valence-electron chi connectivity index (χ2n) is 4.95. The van der Waals surface area contributed by atoms with Crippen LogP contribution in [-0.4, -0.2) is 41.6 Å². The summed E-state index contributed by atoms with van der Waals surface area (Å²) >= 11 is 0. The van der Waals surface area contributed by atoms with Crippen LogP contribution in [0.3, 0.4) is 0 Å². The zero-order chi connectivity index (χ0) is 15.1. The first-order valence-electron chi connectivity index (χ1n) is 6.60. The maximum atomic E-state index is 12.0. The van der Waals surface area contributed by atoms with E-state index in [1.165, 1.54) is 4.90 Å². The molecule has 0 spiro atoms. The van der Waals surface area contributed by atoms with Crippen molar-refractivity contribution in [3.8, 4) is 5.75 Å². The van der Waals surface area contributed by atoms with Gasteiger partial charge >= 0.3 is 5.97 Å². The molecule has 5 heteroatoms. The molecule has 0 bridgehead atoms. The number of carboxylic acids is 1. The molecular formula is C15H21NO4. The summed E-state index contributed by atoms with van der Waals surface area (Å²) in [7, 11) is 1.61. The maximum absolute atomic E-state index is 12.0. The number of aliphatic carboxylic acids is 1. The Balaban J connectivity index is 2.58. The summed E-state index contributed by atoms with van der Waals surface area (Å²) in [6, 6.07) is 7.39. The lowest BCUT2D eigenvalue weighted by Gasteiger charge is -2.16. The lowest BCUT2D eigenvalue weighted by Crippen LogP contribution is -2.30. The van der Waals surface area contributed by atoms with E-state index in [0.29, 0.717) is 0 Å². The zero-order valence-electron chi connectivity index (χ0n) is 12.1. The molecule has 0 heterocycles. The van der Waals surface area contributed by atoms with Gasteiger partial charge in [-0.1, -0.05) is 12.1 Å². The van der Waals surface area contributed by atoms with Gasteiger partial charge in [-0.3, -0.25) is 9.59 Å². The van der Waals surface area contributed by atoms with Crippen LogP contribution in [0, 0.1) is 0 Å². The number of amides is 1. The van der Waals surface area contributed by atoms with Crippen molar-refractivity contribution >= 4 is 11.9 Å². The smallest absolute Gasteiger partial charge is 0.305 e. The van der Waals surface area contributed by atoms with Gasteiger partial charge in [0, 0.05) is 13.6 Å². The normalized spacial score (nSPS) is 10.4. The Morgan fingerprint density at radius 1 is 1.35 bits per heavy atom. The topological polar surface area (TPSA) is 66.8 Å². The lowest BCUT2D eigenvalue weighted by molar-refractivity contribution is -0.138. The van der Waals surface area contributed by atoms with Gasteiger partial charge < -0.3 is 14.7 Å². The van der Waals surface area contributed by atoms with Crippen LogP contribution in [0.1, 0.15) is 25.8 Å².